The number of ether oxygens (including phenoxy) is 1. The van der Waals surface area contributed by atoms with Crippen molar-refractivity contribution in [3.05, 3.63) is 59.1 Å². The fourth-order valence-corrected chi connectivity index (χ4v) is 3.28. The number of hydrogen-bond donors (Lipinski definition) is 1. The molecule has 6 nitrogen and oxygen atoms in total. The molecule has 0 heterocycles. The van der Waals surface area contributed by atoms with Crippen LogP contribution in [-0.4, -0.2) is 52.8 Å². The van der Waals surface area contributed by atoms with Gasteiger partial charge in [0.2, 0.25) is 0 Å². The molecule has 0 spiro atoms. The van der Waals surface area contributed by atoms with Crippen LogP contribution >= 0.6 is 35.6 Å². The second kappa shape index (κ2) is 11.5. The van der Waals surface area contributed by atoms with Gasteiger partial charge in [-0.25, -0.2) is 8.42 Å². The SMILES string of the molecule is CN=C(NCCOc1ccc(S(C)(=O)=O)cc1)N(C)Cc1ccccc1Cl.I. The number of rotatable bonds is 7. The molecule has 9 heteroatoms. The third-order valence-corrected chi connectivity index (χ3v) is 5.34. The molecule has 0 radical (unpaired) electrons. The summed E-state index contributed by atoms with van der Waals surface area (Å²) in [6.07, 6.45) is 1.18. The minimum Gasteiger partial charge on any atom is -0.492 e. The Morgan fingerprint density at radius 1 is 1.18 bits per heavy atom. The van der Waals surface area contributed by atoms with E-state index in [0.29, 0.717) is 25.4 Å². The number of hydrogen-bond acceptors (Lipinski definition) is 4. The smallest absolute Gasteiger partial charge is 0.193 e. The zero-order chi connectivity index (χ0) is 19.9. The lowest BCUT2D eigenvalue weighted by atomic mass is 10.2. The van der Waals surface area contributed by atoms with Crippen molar-refractivity contribution in [2.24, 2.45) is 4.99 Å². The lowest BCUT2D eigenvalue weighted by Crippen LogP contribution is -2.40. The summed E-state index contributed by atoms with van der Waals surface area (Å²) in [7, 11) is 0.456. The summed E-state index contributed by atoms with van der Waals surface area (Å²) in [4.78, 5) is 6.51. The van der Waals surface area contributed by atoms with Gasteiger partial charge in [0, 0.05) is 31.9 Å². The van der Waals surface area contributed by atoms with Crippen LogP contribution in [-0.2, 0) is 16.4 Å². The highest BCUT2D eigenvalue weighted by Gasteiger charge is 2.09. The summed E-state index contributed by atoms with van der Waals surface area (Å²) in [6, 6.07) is 14.1. The first-order valence-corrected chi connectivity index (χ1v) is 10.7. The fourth-order valence-electron chi connectivity index (χ4n) is 2.46. The molecule has 0 aliphatic carbocycles. The van der Waals surface area contributed by atoms with Crippen molar-refractivity contribution in [2.75, 3.05) is 33.5 Å². The number of guanidine groups is 1. The molecule has 2 rings (SSSR count). The molecule has 154 valence electrons. The molecule has 2 aromatic rings. The van der Waals surface area contributed by atoms with Gasteiger partial charge in [-0.05, 0) is 35.9 Å². The number of benzene rings is 2. The van der Waals surface area contributed by atoms with Gasteiger partial charge in [-0.1, -0.05) is 29.8 Å². The lowest BCUT2D eigenvalue weighted by molar-refractivity contribution is 0.319. The van der Waals surface area contributed by atoms with Crippen LogP contribution in [0.2, 0.25) is 5.02 Å². The highest BCUT2D eigenvalue weighted by Crippen LogP contribution is 2.17. The first kappa shape index (κ1) is 24.5. The second-order valence-electron chi connectivity index (χ2n) is 6.01. The van der Waals surface area contributed by atoms with Gasteiger partial charge in [0.05, 0.1) is 11.4 Å². The zero-order valence-electron chi connectivity index (χ0n) is 16.1. The molecule has 28 heavy (non-hydrogen) atoms. The van der Waals surface area contributed by atoms with Crippen LogP contribution in [0.3, 0.4) is 0 Å². The van der Waals surface area contributed by atoms with Gasteiger partial charge in [-0.15, -0.1) is 24.0 Å². The molecule has 2 aromatic carbocycles. The van der Waals surface area contributed by atoms with E-state index in [1.165, 1.54) is 18.4 Å². The Morgan fingerprint density at radius 2 is 1.82 bits per heavy atom. The van der Waals surface area contributed by atoms with Crippen LogP contribution < -0.4 is 10.1 Å². The summed E-state index contributed by atoms with van der Waals surface area (Å²) in [5.41, 5.74) is 1.02. The molecule has 0 bridgehead atoms. The molecule has 0 saturated heterocycles. The maximum absolute atomic E-state index is 11.5. The summed E-state index contributed by atoms with van der Waals surface area (Å²) < 4.78 is 28.5. The monoisotopic (exact) mass is 537 g/mol. The predicted octanol–water partition coefficient (Wildman–Crippen LogP) is 3.45. The molecule has 0 fully saturated rings. The van der Waals surface area contributed by atoms with Crippen LogP contribution in [0.4, 0.5) is 0 Å². The van der Waals surface area contributed by atoms with E-state index in [0.717, 1.165) is 16.5 Å². The normalized spacial score (nSPS) is 11.5. The van der Waals surface area contributed by atoms with E-state index in [2.05, 4.69) is 10.3 Å². The van der Waals surface area contributed by atoms with Crippen molar-refractivity contribution < 1.29 is 13.2 Å². The number of nitrogens with one attached hydrogen (secondary N) is 1. The van der Waals surface area contributed by atoms with Gasteiger partial charge in [-0.2, -0.15) is 0 Å². The number of halogens is 2. The Hall–Kier alpha value is -1.52. The Kier molecular flexibility index (Phi) is 10.0. The van der Waals surface area contributed by atoms with Gasteiger partial charge < -0.3 is 15.0 Å². The van der Waals surface area contributed by atoms with Crippen LogP contribution in [0, 0.1) is 0 Å². The molecule has 0 unspecified atom stereocenters. The highest BCUT2D eigenvalue weighted by molar-refractivity contribution is 14.0. The largest absolute Gasteiger partial charge is 0.492 e. The molecule has 0 amide bonds. The lowest BCUT2D eigenvalue weighted by Gasteiger charge is -2.22. The van der Waals surface area contributed by atoms with Crippen molar-refractivity contribution in [1.29, 1.82) is 0 Å². The zero-order valence-corrected chi connectivity index (χ0v) is 20.0. The Balaban J connectivity index is 0.00000392. The van der Waals surface area contributed by atoms with E-state index in [1.54, 1.807) is 19.2 Å². The number of sulfone groups is 1. The predicted molar refractivity (Wildman–Crippen MR) is 125 cm³/mol. The first-order valence-electron chi connectivity index (χ1n) is 8.39. The van der Waals surface area contributed by atoms with Crippen molar-refractivity contribution in [3.8, 4) is 5.75 Å². The van der Waals surface area contributed by atoms with Crippen LogP contribution in [0.15, 0.2) is 58.4 Å². The highest BCUT2D eigenvalue weighted by atomic mass is 127. The summed E-state index contributed by atoms with van der Waals surface area (Å²) >= 11 is 6.21. The van der Waals surface area contributed by atoms with E-state index in [-0.39, 0.29) is 28.9 Å². The molecular weight excluding hydrogens is 513 g/mol. The average Bonchev–Trinajstić information content (AvgIpc) is 2.63. The minimum atomic E-state index is -3.20. The molecule has 0 aromatic heterocycles. The molecular formula is C19H25ClIN3O3S. The van der Waals surface area contributed by atoms with Crippen LogP contribution in [0.25, 0.3) is 0 Å². The van der Waals surface area contributed by atoms with Crippen molar-refractivity contribution in [1.82, 2.24) is 10.2 Å². The summed E-state index contributed by atoms with van der Waals surface area (Å²) in [6.45, 7) is 1.59. The quantitative estimate of drug-likeness (QED) is 0.254. The second-order valence-corrected chi connectivity index (χ2v) is 8.44. The minimum absolute atomic E-state index is 0. The summed E-state index contributed by atoms with van der Waals surface area (Å²) in [5.74, 6) is 1.34. The van der Waals surface area contributed by atoms with Crippen molar-refractivity contribution in [3.63, 3.8) is 0 Å². The van der Waals surface area contributed by atoms with Gasteiger partial charge >= 0.3 is 0 Å². The van der Waals surface area contributed by atoms with Crippen molar-refractivity contribution in [2.45, 2.75) is 11.4 Å². The molecule has 0 atom stereocenters. The average molecular weight is 538 g/mol. The molecule has 0 saturated carbocycles. The topological polar surface area (TPSA) is 71.0 Å². The van der Waals surface area contributed by atoms with Gasteiger partial charge in [0.25, 0.3) is 0 Å². The molecule has 1 N–H and O–H groups in total. The third kappa shape index (κ3) is 7.48. The van der Waals surface area contributed by atoms with Crippen LogP contribution in [0.1, 0.15) is 5.56 Å². The first-order chi connectivity index (χ1) is 12.8. The van der Waals surface area contributed by atoms with E-state index in [1.807, 2.05) is 36.2 Å². The number of nitrogens with zero attached hydrogens (tertiary/aromatic N) is 2. The van der Waals surface area contributed by atoms with E-state index in [9.17, 15) is 8.42 Å². The van der Waals surface area contributed by atoms with Gasteiger partial charge in [-0.3, -0.25) is 4.99 Å². The maximum Gasteiger partial charge on any atom is 0.193 e. The van der Waals surface area contributed by atoms with Gasteiger partial charge in [0.1, 0.15) is 12.4 Å². The molecule has 0 aliphatic rings. The maximum atomic E-state index is 11.5. The third-order valence-electron chi connectivity index (χ3n) is 3.84. The Labute approximate surface area is 188 Å². The van der Waals surface area contributed by atoms with E-state index in [4.69, 9.17) is 16.3 Å². The fraction of sp³-hybridized carbons (Fsp3) is 0.316. The van der Waals surface area contributed by atoms with Crippen molar-refractivity contribution >= 4 is 51.4 Å². The Bertz CT molecular complexity index is 890. The van der Waals surface area contributed by atoms with Crippen LogP contribution in [0.5, 0.6) is 5.75 Å². The van der Waals surface area contributed by atoms with E-state index >= 15 is 0 Å². The van der Waals surface area contributed by atoms with Gasteiger partial charge in [0.15, 0.2) is 15.8 Å². The summed E-state index contributed by atoms with van der Waals surface area (Å²) in [5, 5.41) is 3.95. The Morgan fingerprint density at radius 3 is 2.39 bits per heavy atom. The van der Waals surface area contributed by atoms with E-state index < -0.39 is 9.84 Å². The number of aliphatic imine (C=N–C) groups is 1. The molecule has 0 aliphatic heterocycles. The standard InChI is InChI=1S/C19H24ClN3O3S.HI/c1-21-19(23(2)14-15-6-4-5-7-18(15)20)22-12-13-26-16-8-10-17(11-9-16)27(3,24)25;/h4-11H,12-14H2,1-3H3,(H,21,22);1H.